The molecule has 6 aliphatic rings. The number of hydrogen-bond donors (Lipinski definition) is 1. The highest BCUT2D eigenvalue weighted by Crippen LogP contribution is 2.66. The first-order valence-electron chi connectivity index (χ1n) is 18.6. The molecule has 1 aromatic rings. The Hall–Kier alpha value is -1.82. The van der Waals surface area contributed by atoms with Gasteiger partial charge in [-0.15, -0.1) is 0 Å². The molecule has 2 aliphatic heterocycles. The van der Waals surface area contributed by atoms with Gasteiger partial charge in [0.2, 0.25) is 0 Å². The monoisotopic (exact) mass is 618 g/mol. The predicted molar refractivity (Wildman–Crippen MR) is 183 cm³/mol. The lowest BCUT2D eigenvalue weighted by Gasteiger charge is -2.58. The summed E-state index contributed by atoms with van der Waals surface area (Å²) in [5.74, 6) is 3.61. The third-order valence-electron chi connectivity index (χ3n) is 14.7. The van der Waals surface area contributed by atoms with E-state index in [4.69, 9.17) is 9.47 Å². The van der Waals surface area contributed by atoms with Gasteiger partial charge in [0, 0.05) is 31.1 Å². The van der Waals surface area contributed by atoms with Crippen molar-refractivity contribution in [2.24, 2.45) is 28.6 Å². The number of rotatable bonds is 7. The van der Waals surface area contributed by atoms with Crippen LogP contribution < -0.4 is 9.47 Å². The van der Waals surface area contributed by atoms with E-state index >= 15 is 0 Å². The molecule has 4 aliphatic carbocycles. The van der Waals surface area contributed by atoms with Crippen LogP contribution in [0.3, 0.4) is 0 Å². The zero-order chi connectivity index (χ0) is 31.5. The van der Waals surface area contributed by atoms with Gasteiger partial charge in [0.05, 0.1) is 59.5 Å². The second-order valence-corrected chi connectivity index (χ2v) is 17.3. The van der Waals surface area contributed by atoms with E-state index in [0.717, 1.165) is 52.9 Å². The van der Waals surface area contributed by atoms with Crippen molar-refractivity contribution in [3.8, 4) is 11.5 Å². The van der Waals surface area contributed by atoms with Gasteiger partial charge in [-0.3, -0.25) is 0 Å². The van der Waals surface area contributed by atoms with E-state index in [1.165, 1.54) is 100 Å². The lowest BCUT2D eigenvalue weighted by Crippen LogP contribution is -2.56. The fourth-order valence-electron chi connectivity index (χ4n) is 11.6. The van der Waals surface area contributed by atoms with Crippen LogP contribution in [-0.4, -0.2) is 86.8 Å². The number of piperidine rings is 1. The minimum absolute atomic E-state index is 0.0270. The van der Waals surface area contributed by atoms with Crippen LogP contribution in [0.15, 0.2) is 35.4 Å². The molecular weight excluding hydrogens is 556 g/mol. The fourth-order valence-corrected chi connectivity index (χ4v) is 11.6. The number of aliphatic hydroxyl groups excluding tert-OH is 1. The maximum Gasteiger partial charge on any atom is 0.161 e. The number of quaternary nitrogens is 2. The Morgan fingerprint density at radius 3 is 2.42 bits per heavy atom. The summed E-state index contributed by atoms with van der Waals surface area (Å²) in [6.07, 6.45) is 20.2. The number of hydrogen-bond acceptors (Lipinski definition) is 3. The van der Waals surface area contributed by atoms with Crippen LogP contribution in [0.25, 0.3) is 6.08 Å². The van der Waals surface area contributed by atoms with Crippen molar-refractivity contribution < 1.29 is 23.5 Å². The number of likely N-dealkylation sites (tertiary alicyclic amines) is 2. The van der Waals surface area contributed by atoms with Gasteiger partial charge in [-0.1, -0.05) is 37.6 Å². The molecule has 5 fully saturated rings. The molecule has 0 unspecified atom stereocenters. The average molecular weight is 619 g/mol. The molecule has 0 bridgehead atoms. The predicted octanol–water partition coefficient (Wildman–Crippen LogP) is 7.63. The highest BCUT2D eigenvalue weighted by Gasteiger charge is 2.60. The molecule has 0 radical (unpaired) electrons. The van der Waals surface area contributed by atoms with E-state index in [-0.39, 0.29) is 11.5 Å². The number of nitrogens with zero attached hydrogens (tertiary/aromatic N) is 2. The minimum atomic E-state index is -0.368. The molecule has 1 N–H and O–H groups in total. The molecule has 0 amide bonds. The van der Waals surface area contributed by atoms with Crippen molar-refractivity contribution in [2.45, 2.75) is 103 Å². The zero-order valence-electron chi connectivity index (χ0n) is 29.2. The maximum absolute atomic E-state index is 11.9. The molecule has 3 saturated carbocycles. The van der Waals surface area contributed by atoms with Gasteiger partial charge in [0.15, 0.2) is 11.5 Å². The molecule has 1 aromatic carbocycles. The van der Waals surface area contributed by atoms with E-state index in [1.54, 1.807) is 12.7 Å². The summed E-state index contributed by atoms with van der Waals surface area (Å²) in [7, 11) is 6.65. The second-order valence-electron chi connectivity index (χ2n) is 17.3. The smallest absolute Gasteiger partial charge is 0.161 e. The van der Waals surface area contributed by atoms with Crippen LogP contribution in [0.5, 0.6) is 11.5 Å². The molecule has 2 saturated heterocycles. The van der Waals surface area contributed by atoms with Crippen molar-refractivity contribution in [1.82, 2.24) is 0 Å². The van der Waals surface area contributed by atoms with Gasteiger partial charge in [-0.25, -0.2) is 0 Å². The zero-order valence-corrected chi connectivity index (χ0v) is 29.2. The van der Waals surface area contributed by atoms with Gasteiger partial charge in [0.25, 0.3) is 0 Å². The van der Waals surface area contributed by atoms with Gasteiger partial charge in [-0.05, 0) is 97.8 Å². The Labute approximate surface area is 273 Å². The molecule has 0 aromatic heterocycles. The molecule has 5 heteroatoms. The number of methoxy groups -OCH3 is 1. The standard InChI is InChI=1S/C40H62N2O3/c1-39-17-15-32(42(4)21-9-10-22-42)28-31(39)12-13-33-34(39)16-18-40(2)35(33)27-30(38(40)43)25-29-11-14-36(37(26-29)44-5)45-24-23-41(3)19-7-6-8-20-41/h11-12,14,25-26,32-35,38,43H,6-10,13,15-24,27-28H2,1-5H3/q+2/b30-25+/t32-,33+,34-,35-,38-,39-,40-/m0/s1. The molecule has 45 heavy (non-hydrogen) atoms. The molecule has 0 spiro atoms. The summed E-state index contributed by atoms with van der Waals surface area (Å²) in [6.45, 7) is 12.1. The van der Waals surface area contributed by atoms with Crippen LogP contribution in [0, 0.1) is 28.6 Å². The first-order valence-corrected chi connectivity index (χ1v) is 18.6. The van der Waals surface area contributed by atoms with Crippen molar-refractivity contribution >= 4 is 6.08 Å². The Kier molecular flexibility index (Phi) is 8.48. The SMILES string of the molecule is COc1cc(/C=C2\C[C@H]3[C@@H]4CC=C5C[C@@H]([N+]6(C)CCCC6)CC[C@]5(C)[C@H]4CC[C@]3(C)[C@H]2O)ccc1OCC[N+]1(C)CCCCC1. The third-order valence-corrected chi connectivity index (χ3v) is 14.7. The largest absolute Gasteiger partial charge is 0.493 e. The molecule has 2 heterocycles. The average Bonchev–Trinajstić information content (AvgIpc) is 3.59. The quantitative estimate of drug-likeness (QED) is 0.252. The number of ether oxygens (including phenoxy) is 2. The first-order chi connectivity index (χ1) is 21.6. The van der Waals surface area contributed by atoms with Crippen molar-refractivity contribution in [2.75, 3.05) is 60.5 Å². The summed E-state index contributed by atoms with van der Waals surface area (Å²) >= 11 is 0. The normalized spacial score (nSPS) is 39.5. The Morgan fingerprint density at radius 1 is 0.911 bits per heavy atom. The number of benzene rings is 1. The number of allylic oxidation sites excluding steroid dienone is 1. The topological polar surface area (TPSA) is 38.7 Å². The Morgan fingerprint density at radius 2 is 1.67 bits per heavy atom. The van der Waals surface area contributed by atoms with Gasteiger partial charge in [-0.2, -0.15) is 0 Å². The summed E-state index contributed by atoms with van der Waals surface area (Å²) < 4.78 is 14.5. The van der Waals surface area contributed by atoms with Gasteiger partial charge in [0.1, 0.15) is 13.2 Å². The van der Waals surface area contributed by atoms with Gasteiger partial charge >= 0.3 is 0 Å². The third kappa shape index (κ3) is 5.61. The van der Waals surface area contributed by atoms with Crippen molar-refractivity contribution in [1.29, 1.82) is 0 Å². The van der Waals surface area contributed by atoms with Crippen LogP contribution >= 0.6 is 0 Å². The lowest BCUT2D eigenvalue weighted by molar-refractivity contribution is -0.923. The highest BCUT2D eigenvalue weighted by atomic mass is 16.5. The number of aliphatic hydroxyl groups is 1. The van der Waals surface area contributed by atoms with E-state index in [9.17, 15) is 5.11 Å². The Balaban J connectivity index is 1.05. The molecule has 7 rings (SSSR count). The van der Waals surface area contributed by atoms with Crippen LogP contribution in [0.1, 0.15) is 96.5 Å². The van der Waals surface area contributed by atoms with E-state index in [2.05, 4.69) is 58.3 Å². The van der Waals surface area contributed by atoms with E-state index in [0.29, 0.717) is 23.9 Å². The van der Waals surface area contributed by atoms with Crippen LogP contribution in [0.2, 0.25) is 0 Å². The number of fused-ring (bicyclic) bond motifs is 5. The van der Waals surface area contributed by atoms with Crippen molar-refractivity contribution in [3.63, 3.8) is 0 Å². The fraction of sp³-hybridized carbons (Fsp3) is 0.750. The Bertz CT molecular complexity index is 1310. The minimum Gasteiger partial charge on any atom is -0.493 e. The highest BCUT2D eigenvalue weighted by molar-refractivity contribution is 5.60. The van der Waals surface area contributed by atoms with E-state index in [1.807, 2.05) is 0 Å². The first kappa shape index (κ1) is 31.8. The van der Waals surface area contributed by atoms with Crippen LogP contribution in [0.4, 0.5) is 0 Å². The van der Waals surface area contributed by atoms with E-state index < -0.39 is 0 Å². The molecule has 248 valence electrons. The molecule has 5 nitrogen and oxygen atoms in total. The second kappa shape index (κ2) is 12.0. The molecule has 7 atom stereocenters. The van der Waals surface area contributed by atoms with Crippen molar-refractivity contribution in [3.05, 3.63) is 41.0 Å². The van der Waals surface area contributed by atoms with Gasteiger partial charge < -0.3 is 23.5 Å². The molecular formula is C40H62N2O3+2. The summed E-state index contributed by atoms with van der Waals surface area (Å²) in [6, 6.07) is 7.16. The number of likely N-dealkylation sites (N-methyl/N-ethyl adjacent to an activating group) is 1. The lowest BCUT2D eigenvalue weighted by atomic mass is 9.47. The van der Waals surface area contributed by atoms with Crippen LogP contribution in [-0.2, 0) is 0 Å². The summed E-state index contributed by atoms with van der Waals surface area (Å²) in [4.78, 5) is 0. The maximum atomic E-state index is 11.9. The summed E-state index contributed by atoms with van der Waals surface area (Å²) in [5, 5.41) is 11.9. The summed E-state index contributed by atoms with van der Waals surface area (Å²) in [5.41, 5.74) is 4.45.